The smallest absolute Gasteiger partial charge is 0.118 e. The van der Waals surface area contributed by atoms with E-state index in [-0.39, 0.29) is 0 Å². The first-order valence-corrected chi connectivity index (χ1v) is 5.83. The Bertz CT molecular complexity index is 494. The van der Waals surface area contributed by atoms with Crippen molar-refractivity contribution in [1.82, 2.24) is 0 Å². The van der Waals surface area contributed by atoms with E-state index in [1.807, 2.05) is 48.5 Å². The Morgan fingerprint density at radius 1 is 0.944 bits per heavy atom. The first kappa shape index (κ1) is 12.5. The molecule has 0 aliphatic rings. The molecule has 0 amide bonds. The molecule has 0 atom stereocenters. The van der Waals surface area contributed by atoms with Gasteiger partial charge in [0.15, 0.2) is 0 Å². The fourth-order valence-corrected chi connectivity index (χ4v) is 1.67. The zero-order valence-corrected chi connectivity index (χ0v) is 10.4. The van der Waals surface area contributed by atoms with Gasteiger partial charge in [-0.25, -0.2) is 0 Å². The van der Waals surface area contributed by atoms with Crippen molar-refractivity contribution >= 4 is 5.69 Å². The summed E-state index contributed by atoms with van der Waals surface area (Å²) in [5, 5.41) is 0. The standard InChI is InChI=1S/C15H17NO2/c1-17-14-8-6-12(7-9-14)10-18-11-13-4-2-3-5-15(13)16/h2-9H,10-11,16H2,1H3. The third kappa shape index (κ3) is 3.25. The van der Waals surface area contributed by atoms with E-state index >= 15 is 0 Å². The van der Waals surface area contributed by atoms with Gasteiger partial charge in [-0.3, -0.25) is 0 Å². The fourth-order valence-electron chi connectivity index (χ4n) is 1.67. The molecule has 0 aliphatic heterocycles. The molecule has 2 N–H and O–H groups in total. The van der Waals surface area contributed by atoms with Crippen molar-refractivity contribution < 1.29 is 9.47 Å². The maximum atomic E-state index is 5.84. The lowest BCUT2D eigenvalue weighted by Crippen LogP contribution is -1.98. The number of benzene rings is 2. The van der Waals surface area contributed by atoms with Crippen LogP contribution >= 0.6 is 0 Å². The molecule has 3 nitrogen and oxygen atoms in total. The molecule has 3 heteroatoms. The van der Waals surface area contributed by atoms with Crippen molar-refractivity contribution in [3.05, 3.63) is 59.7 Å². The summed E-state index contributed by atoms with van der Waals surface area (Å²) < 4.78 is 10.7. The van der Waals surface area contributed by atoms with Crippen molar-refractivity contribution in [1.29, 1.82) is 0 Å². The summed E-state index contributed by atoms with van der Waals surface area (Å²) in [5.41, 5.74) is 8.75. The lowest BCUT2D eigenvalue weighted by molar-refractivity contribution is 0.107. The van der Waals surface area contributed by atoms with Crippen LogP contribution < -0.4 is 10.5 Å². The van der Waals surface area contributed by atoms with Crippen LogP contribution in [0.5, 0.6) is 5.75 Å². The number of nitrogen functional groups attached to an aromatic ring is 1. The Morgan fingerprint density at radius 3 is 2.33 bits per heavy atom. The number of nitrogens with two attached hydrogens (primary N) is 1. The molecule has 18 heavy (non-hydrogen) atoms. The average Bonchev–Trinajstić information content (AvgIpc) is 2.42. The number of rotatable bonds is 5. The van der Waals surface area contributed by atoms with Crippen LogP contribution in [0, 0.1) is 0 Å². The Labute approximate surface area is 107 Å². The highest BCUT2D eigenvalue weighted by atomic mass is 16.5. The molecule has 0 aliphatic carbocycles. The van der Waals surface area contributed by atoms with E-state index in [2.05, 4.69) is 0 Å². The molecule has 0 saturated heterocycles. The van der Waals surface area contributed by atoms with Crippen LogP contribution in [0.25, 0.3) is 0 Å². The molecule has 0 bridgehead atoms. The molecule has 0 spiro atoms. The summed E-state index contributed by atoms with van der Waals surface area (Å²) in [6.07, 6.45) is 0. The quantitative estimate of drug-likeness (QED) is 0.821. The molecule has 2 rings (SSSR count). The van der Waals surface area contributed by atoms with E-state index in [1.54, 1.807) is 7.11 Å². The van der Waals surface area contributed by atoms with Crippen molar-refractivity contribution in [3.8, 4) is 5.75 Å². The molecule has 0 unspecified atom stereocenters. The summed E-state index contributed by atoms with van der Waals surface area (Å²) in [6, 6.07) is 15.6. The van der Waals surface area contributed by atoms with Crippen LogP contribution in [-0.2, 0) is 18.0 Å². The Hall–Kier alpha value is -2.00. The molecule has 0 fully saturated rings. The van der Waals surface area contributed by atoms with Gasteiger partial charge in [0, 0.05) is 11.3 Å². The first-order chi connectivity index (χ1) is 8.79. The predicted molar refractivity (Wildman–Crippen MR) is 72.3 cm³/mol. The number of methoxy groups -OCH3 is 1. The molecule has 2 aromatic rings. The van der Waals surface area contributed by atoms with Crippen LogP contribution in [0.3, 0.4) is 0 Å². The second-order valence-electron chi connectivity index (χ2n) is 4.04. The zero-order chi connectivity index (χ0) is 12.8. The first-order valence-electron chi connectivity index (χ1n) is 5.83. The van der Waals surface area contributed by atoms with E-state index in [0.29, 0.717) is 13.2 Å². The van der Waals surface area contributed by atoms with Gasteiger partial charge in [-0.15, -0.1) is 0 Å². The third-order valence-corrected chi connectivity index (χ3v) is 2.74. The van der Waals surface area contributed by atoms with E-state index in [0.717, 1.165) is 22.6 Å². The highest BCUT2D eigenvalue weighted by Crippen LogP contribution is 2.15. The van der Waals surface area contributed by atoms with Crippen LogP contribution in [0.15, 0.2) is 48.5 Å². The van der Waals surface area contributed by atoms with Gasteiger partial charge in [-0.2, -0.15) is 0 Å². The van der Waals surface area contributed by atoms with Gasteiger partial charge in [0.1, 0.15) is 5.75 Å². The maximum Gasteiger partial charge on any atom is 0.118 e. The van der Waals surface area contributed by atoms with Gasteiger partial charge in [-0.1, -0.05) is 30.3 Å². The second-order valence-corrected chi connectivity index (χ2v) is 4.04. The Morgan fingerprint density at radius 2 is 1.67 bits per heavy atom. The SMILES string of the molecule is COc1ccc(COCc2ccccc2N)cc1. The summed E-state index contributed by atoms with van der Waals surface area (Å²) in [7, 11) is 1.66. The number of hydrogen-bond donors (Lipinski definition) is 1. The van der Waals surface area contributed by atoms with Crippen LogP contribution in [0.2, 0.25) is 0 Å². The summed E-state index contributed by atoms with van der Waals surface area (Å²) in [5.74, 6) is 0.853. The lowest BCUT2D eigenvalue weighted by atomic mass is 10.2. The minimum Gasteiger partial charge on any atom is -0.497 e. The van der Waals surface area contributed by atoms with Gasteiger partial charge < -0.3 is 15.2 Å². The Kier molecular flexibility index (Phi) is 4.20. The summed E-state index contributed by atoms with van der Waals surface area (Å²) >= 11 is 0. The van der Waals surface area contributed by atoms with Crippen molar-refractivity contribution in [2.45, 2.75) is 13.2 Å². The number of ether oxygens (including phenoxy) is 2. The van der Waals surface area contributed by atoms with E-state index < -0.39 is 0 Å². The van der Waals surface area contributed by atoms with Crippen molar-refractivity contribution in [2.75, 3.05) is 12.8 Å². The van der Waals surface area contributed by atoms with Gasteiger partial charge in [0.25, 0.3) is 0 Å². The fraction of sp³-hybridized carbons (Fsp3) is 0.200. The topological polar surface area (TPSA) is 44.5 Å². The normalized spacial score (nSPS) is 10.3. The van der Waals surface area contributed by atoms with E-state index in [4.69, 9.17) is 15.2 Å². The molecule has 0 aromatic heterocycles. The van der Waals surface area contributed by atoms with Crippen molar-refractivity contribution in [3.63, 3.8) is 0 Å². The predicted octanol–water partition coefficient (Wildman–Crippen LogP) is 2.99. The van der Waals surface area contributed by atoms with Gasteiger partial charge >= 0.3 is 0 Å². The number of hydrogen-bond acceptors (Lipinski definition) is 3. The minimum atomic E-state index is 0.526. The largest absolute Gasteiger partial charge is 0.497 e. The highest BCUT2D eigenvalue weighted by molar-refractivity contribution is 5.45. The summed E-state index contributed by atoms with van der Waals surface area (Å²) in [4.78, 5) is 0. The molecule has 0 radical (unpaired) electrons. The third-order valence-electron chi connectivity index (χ3n) is 2.74. The van der Waals surface area contributed by atoms with E-state index in [9.17, 15) is 0 Å². The Balaban J connectivity index is 1.86. The zero-order valence-electron chi connectivity index (χ0n) is 10.4. The lowest BCUT2D eigenvalue weighted by Gasteiger charge is -2.07. The highest BCUT2D eigenvalue weighted by Gasteiger charge is 1.99. The van der Waals surface area contributed by atoms with Crippen LogP contribution in [0.4, 0.5) is 5.69 Å². The average molecular weight is 243 g/mol. The monoisotopic (exact) mass is 243 g/mol. The maximum absolute atomic E-state index is 5.84. The molecule has 0 saturated carbocycles. The molecule has 94 valence electrons. The number of para-hydroxylation sites is 1. The molecular formula is C15H17NO2. The summed E-state index contributed by atoms with van der Waals surface area (Å²) in [6.45, 7) is 1.09. The van der Waals surface area contributed by atoms with Gasteiger partial charge in [0.05, 0.1) is 20.3 Å². The van der Waals surface area contributed by atoms with Gasteiger partial charge in [0.2, 0.25) is 0 Å². The second kappa shape index (κ2) is 6.07. The minimum absolute atomic E-state index is 0.526. The number of anilines is 1. The molecular weight excluding hydrogens is 226 g/mol. The van der Waals surface area contributed by atoms with Crippen LogP contribution in [-0.4, -0.2) is 7.11 Å². The van der Waals surface area contributed by atoms with Crippen molar-refractivity contribution in [2.24, 2.45) is 0 Å². The van der Waals surface area contributed by atoms with Crippen LogP contribution in [0.1, 0.15) is 11.1 Å². The molecule has 0 heterocycles. The van der Waals surface area contributed by atoms with Gasteiger partial charge in [-0.05, 0) is 23.8 Å². The van der Waals surface area contributed by atoms with E-state index in [1.165, 1.54) is 0 Å². The molecule has 2 aromatic carbocycles.